The van der Waals surface area contributed by atoms with Crippen molar-refractivity contribution in [3.8, 4) is 0 Å². The molecular weight excluding hydrogens is 156 g/mol. The molecule has 0 bridgehead atoms. The maximum atomic E-state index is 10.3. The molecule has 0 unspecified atom stereocenters. The summed E-state index contributed by atoms with van der Waals surface area (Å²) in [6.07, 6.45) is 2.62. The van der Waals surface area contributed by atoms with Gasteiger partial charge in [0.05, 0.1) is 6.61 Å². The quantitative estimate of drug-likeness (QED) is 0.433. The van der Waals surface area contributed by atoms with E-state index in [1.54, 1.807) is 0 Å². The lowest BCUT2D eigenvalue weighted by atomic mass is 10.3. The maximum absolute atomic E-state index is 10.3. The summed E-state index contributed by atoms with van der Waals surface area (Å²) in [5.41, 5.74) is 0. The van der Waals surface area contributed by atoms with Crippen LogP contribution in [-0.4, -0.2) is 25.8 Å². The van der Waals surface area contributed by atoms with Gasteiger partial charge in [0.2, 0.25) is 0 Å². The van der Waals surface area contributed by atoms with Crippen LogP contribution in [0.3, 0.4) is 0 Å². The van der Waals surface area contributed by atoms with Crippen LogP contribution in [0.4, 0.5) is 0 Å². The summed E-state index contributed by atoms with van der Waals surface area (Å²) in [6, 6.07) is 0. The Balaban J connectivity index is 2.86. The zero-order valence-electron chi connectivity index (χ0n) is 7.67. The number of carbonyl (C=O) groups is 1. The van der Waals surface area contributed by atoms with Crippen LogP contribution >= 0.6 is 0 Å². The van der Waals surface area contributed by atoms with Gasteiger partial charge in [0.1, 0.15) is 0 Å². The van der Waals surface area contributed by atoms with Crippen molar-refractivity contribution in [2.45, 2.75) is 26.2 Å². The maximum Gasteiger partial charge on any atom is 0.302 e. The first kappa shape index (κ1) is 11.4. The van der Waals surface area contributed by atoms with Gasteiger partial charge in [0, 0.05) is 20.1 Å². The molecule has 12 heavy (non-hydrogen) atoms. The Morgan fingerprint density at radius 3 is 2.50 bits per heavy atom. The predicted octanol–water partition coefficient (Wildman–Crippen LogP) is 1.57. The summed E-state index contributed by atoms with van der Waals surface area (Å²) < 4.78 is 9.93. The first-order chi connectivity index (χ1) is 5.77. The van der Waals surface area contributed by atoms with Gasteiger partial charge < -0.3 is 9.47 Å². The van der Waals surface area contributed by atoms with Crippen LogP contribution in [0, 0.1) is 6.92 Å². The van der Waals surface area contributed by atoms with Crippen LogP contribution in [0.2, 0.25) is 0 Å². The van der Waals surface area contributed by atoms with Crippen molar-refractivity contribution >= 4 is 5.97 Å². The molecule has 0 spiro atoms. The van der Waals surface area contributed by atoms with E-state index in [1.165, 1.54) is 6.92 Å². The van der Waals surface area contributed by atoms with Gasteiger partial charge in [-0.3, -0.25) is 4.79 Å². The van der Waals surface area contributed by atoms with Crippen LogP contribution < -0.4 is 0 Å². The minimum atomic E-state index is -0.214. The molecular formula is C9H17O3. The third-order valence-electron chi connectivity index (χ3n) is 1.28. The van der Waals surface area contributed by atoms with E-state index in [0.29, 0.717) is 13.2 Å². The third kappa shape index (κ3) is 9.43. The summed E-state index contributed by atoms with van der Waals surface area (Å²) >= 11 is 0. The Morgan fingerprint density at radius 1 is 1.25 bits per heavy atom. The molecule has 0 aromatic rings. The highest BCUT2D eigenvalue weighted by Crippen LogP contribution is 1.92. The summed E-state index contributed by atoms with van der Waals surface area (Å²) in [6.45, 7) is 7.02. The minimum Gasteiger partial charge on any atom is -0.466 e. The fourth-order valence-corrected chi connectivity index (χ4v) is 0.726. The molecule has 0 amide bonds. The first-order valence-corrected chi connectivity index (χ1v) is 4.27. The molecule has 0 saturated heterocycles. The lowest BCUT2D eigenvalue weighted by molar-refractivity contribution is -0.141. The zero-order valence-corrected chi connectivity index (χ0v) is 7.67. The SMILES string of the molecule is [CH2]CCOCCCCOC(C)=O. The molecule has 0 aliphatic carbocycles. The number of ether oxygens (including phenoxy) is 2. The molecule has 3 heteroatoms. The number of carbonyl (C=O) groups excluding carboxylic acids is 1. The van der Waals surface area contributed by atoms with Crippen molar-refractivity contribution < 1.29 is 14.3 Å². The molecule has 71 valence electrons. The van der Waals surface area contributed by atoms with Crippen LogP contribution in [0.1, 0.15) is 26.2 Å². The first-order valence-electron chi connectivity index (χ1n) is 4.27. The fourth-order valence-electron chi connectivity index (χ4n) is 0.726. The van der Waals surface area contributed by atoms with E-state index in [-0.39, 0.29) is 5.97 Å². The zero-order chi connectivity index (χ0) is 9.23. The molecule has 0 aromatic carbocycles. The predicted molar refractivity (Wildman–Crippen MR) is 46.7 cm³/mol. The molecule has 0 fully saturated rings. The van der Waals surface area contributed by atoms with Crippen molar-refractivity contribution in [3.63, 3.8) is 0 Å². The molecule has 0 atom stereocenters. The topological polar surface area (TPSA) is 35.5 Å². The van der Waals surface area contributed by atoms with E-state index >= 15 is 0 Å². The largest absolute Gasteiger partial charge is 0.466 e. The molecule has 0 aliphatic heterocycles. The third-order valence-corrected chi connectivity index (χ3v) is 1.28. The second-order valence-electron chi connectivity index (χ2n) is 2.51. The highest BCUT2D eigenvalue weighted by Gasteiger charge is 1.92. The van der Waals surface area contributed by atoms with E-state index in [2.05, 4.69) is 6.92 Å². The normalized spacial score (nSPS) is 9.83. The molecule has 3 nitrogen and oxygen atoms in total. The highest BCUT2D eigenvalue weighted by atomic mass is 16.5. The molecule has 0 saturated carbocycles. The fraction of sp³-hybridized carbons (Fsp3) is 0.778. The van der Waals surface area contributed by atoms with Crippen LogP contribution in [0.15, 0.2) is 0 Å². The van der Waals surface area contributed by atoms with Gasteiger partial charge in [-0.25, -0.2) is 0 Å². The van der Waals surface area contributed by atoms with Gasteiger partial charge >= 0.3 is 5.97 Å². The Bertz CT molecular complexity index is 112. The van der Waals surface area contributed by atoms with Gasteiger partial charge in [0.15, 0.2) is 0 Å². The van der Waals surface area contributed by atoms with Crippen molar-refractivity contribution in [1.82, 2.24) is 0 Å². The minimum absolute atomic E-state index is 0.214. The lowest BCUT2D eigenvalue weighted by Gasteiger charge is -2.02. The molecule has 0 aromatic heterocycles. The average Bonchev–Trinajstić information content (AvgIpc) is 2.02. The lowest BCUT2D eigenvalue weighted by Crippen LogP contribution is -2.02. The van der Waals surface area contributed by atoms with E-state index in [9.17, 15) is 4.79 Å². The smallest absolute Gasteiger partial charge is 0.302 e. The summed E-state index contributed by atoms with van der Waals surface area (Å²) in [5, 5.41) is 0. The Hall–Kier alpha value is -0.570. The van der Waals surface area contributed by atoms with E-state index in [0.717, 1.165) is 25.9 Å². The van der Waals surface area contributed by atoms with Gasteiger partial charge in [-0.2, -0.15) is 0 Å². The van der Waals surface area contributed by atoms with Crippen molar-refractivity contribution in [2.24, 2.45) is 0 Å². The van der Waals surface area contributed by atoms with Crippen molar-refractivity contribution in [3.05, 3.63) is 6.92 Å². The van der Waals surface area contributed by atoms with E-state index in [1.807, 2.05) is 0 Å². The van der Waals surface area contributed by atoms with Crippen LogP contribution in [-0.2, 0) is 14.3 Å². The van der Waals surface area contributed by atoms with E-state index < -0.39 is 0 Å². The molecule has 0 rings (SSSR count). The van der Waals surface area contributed by atoms with Gasteiger partial charge in [-0.15, -0.1) is 0 Å². The Labute approximate surface area is 74.0 Å². The number of rotatable bonds is 7. The van der Waals surface area contributed by atoms with Crippen LogP contribution in [0.25, 0.3) is 0 Å². The molecule has 0 N–H and O–H groups in total. The number of hydrogen-bond acceptors (Lipinski definition) is 3. The number of hydrogen-bond donors (Lipinski definition) is 0. The summed E-state index contributed by atoms with van der Waals surface area (Å²) in [7, 11) is 0. The molecule has 0 aliphatic rings. The second kappa shape index (κ2) is 8.53. The number of esters is 1. The van der Waals surface area contributed by atoms with E-state index in [4.69, 9.17) is 9.47 Å². The van der Waals surface area contributed by atoms with Gasteiger partial charge in [0.25, 0.3) is 0 Å². The average molecular weight is 173 g/mol. The summed E-state index contributed by atoms with van der Waals surface area (Å²) in [4.78, 5) is 10.3. The summed E-state index contributed by atoms with van der Waals surface area (Å²) in [5.74, 6) is -0.214. The standard InChI is InChI=1S/C9H17O3/c1-3-6-11-7-4-5-8-12-9(2)10/h1,3-8H2,2H3. The number of unbranched alkanes of at least 4 members (excludes halogenated alkanes) is 1. The Kier molecular flexibility index (Phi) is 8.12. The second-order valence-corrected chi connectivity index (χ2v) is 2.51. The molecule has 0 heterocycles. The van der Waals surface area contributed by atoms with Crippen molar-refractivity contribution in [2.75, 3.05) is 19.8 Å². The molecule has 1 radical (unpaired) electrons. The van der Waals surface area contributed by atoms with Crippen LogP contribution in [0.5, 0.6) is 0 Å². The van der Waals surface area contributed by atoms with Crippen molar-refractivity contribution in [1.29, 1.82) is 0 Å². The van der Waals surface area contributed by atoms with Gasteiger partial charge in [-0.1, -0.05) is 6.92 Å². The highest BCUT2D eigenvalue weighted by molar-refractivity contribution is 5.65. The Morgan fingerprint density at radius 2 is 1.92 bits per heavy atom. The monoisotopic (exact) mass is 173 g/mol. The van der Waals surface area contributed by atoms with Gasteiger partial charge in [-0.05, 0) is 19.3 Å².